The van der Waals surface area contributed by atoms with E-state index in [0.717, 1.165) is 0 Å². The quantitative estimate of drug-likeness (QED) is 0.852. The van der Waals surface area contributed by atoms with Crippen LogP contribution in [0.2, 0.25) is 0 Å². The molecule has 3 rings (SSSR count). The molecule has 0 atom stereocenters. The number of nitrogens with zero attached hydrogens (tertiary/aromatic N) is 2. The molecule has 0 aliphatic carbocycles. The molecule has 6 heteroatoms. The van der Waals surface area contributed by atoms with Gasteiger partial charge in [-0.1, -0.05) is 36.4 Å². The SMILES string of the molecule is CC1=NN(c2ccccc2)C(=O)/C1=C/c1ccccc1OCC(=O)O. The molecule has 0 fully saturated rings. The minimum atomic E-state index is -1.06. The molecule has 126 valence electrons. The number of aliphatic carboxylic acids is 1. The molecule has 1 heterocycles. The Kier molecular flexibility index (Phi) is 4.61. The summed E-state index contributed by atoms with van der Waals surface area (Å²) >= 11 is 0. The van der Waals surface area contributed by atoms with Crippen molar-refractivity contribution in [3.8, 4) is 5.75 Å². The number of ether oxygens (including phenoxy) is 1. The molecule has 1 amide bonds. The van der Waals surface area contributed by atoms with Gasteiger partial charge in [0.05, 0.1) is 17.0 Å². The Labute approximate surface area is 144 Å². The highest BCUT2D eigenvalue weighted by atomic mass is 16.5. The third-order valence-electron chi connectivity index (χ3n) is 3.63. The number of carboxylic acids is 1. The number of hydrazone groups is 1. The number of carbonyl (C=O) groups excluding carboxylic acids is 1. The van der Waals surface area contributed by atoms with Gasteiger partial charge in [0.1, 0.15) is 5.75 Å². The molecule has 0 radical (unpaired) electrons. The fraction of sp³-hybridized carbons (Fsp3) is 0.105. The molecule has 0 aromatic heterocycles. The van der Waals surface area contributed by atoms with Gasteiger partial charge in [-0.25, -0.2) is 4.79 Å². The van der Waals surface area contributed by atoms with Crippen LogP contribution in [0.3, 0.4) is 0 Å². The highest BCUT2D eigenvalue weighted by Crippen LogP contribution is 2.27. The maximum absolute atomic E-state index is 12.7. The largest absolute Gasteiger partial charge is 0.481 e. The molecule has 0 saturated heterocycles. The maximum Gasteiger partial charge on any atom is 0.341 e. The summed E-state index contributed by atoms with van der Waals surface area (Å²) in [5, 5.41) is 14.4. The van der Waals surface area contributed by atoms with Crippen molar-refractivity contribution in [1.82, 2.24) is 0 Å². The Morgan fingerprint density at radius 1 is 1.16 bits per heavy atom. The van der Waals surface area contributed by atoms with E-state index in [4.69, 9.17) is 9.84 Å². The van der Waals surface area contributed by atoms with E-state index in [-0.39, 0.29) is 5.91 Å². The Hall–Kier alpha value is -3.41. The summed E-state index contributed by atoms with van der Waals surface area (Å²) in [7, 11) is 0. The zero-order valence-corrected chi connectivity index (χ0v) is 13.5. The van der Waals surface area contributed by atoms with Crippen molar-refractivity contribution < 1.29 is 19.4 Å². The highest BCUT2D eigenvalue weighted by molar-refractivity contribution is 6.32. The maximum atomic E-state index is 12.7. The van der Waals surface area contributed by atoms with Gasteiger partial charge in [-0.05, 0) is 31.2 Å². The average Bonchev–Trinajstić information content (AvgIpc) is 2.90. The average molecular weight is 336 g/mol. The predicted molar refractivity (Wildman–Crippen MR) is 94.6 cm³/mol. The van der Waals surface area contributed by atoms with Crippen molar-refractivity contribution >= 4 is 29.4 Å². The number of hydrogen-bond acceptors (Lipinski definition) is 4. The van der Waals surface area contributed by atoms with Crippen LogP contribution in [0.15, 0.2) is 65.3 Å². The number of carbonyl (C=O) groups is 2. The van der Waals surface area contributed by atoms with E-state index in [9.17, 15) is 9.59 Å². The molecular formula is C19H16N2O4. The van der Waals surface area contributed by atoms with Gasteiger partial charge >= 0.3 is 5.97 Å². The van der Waals surface area contributed by atoms with Crippen LogP contribution in [0, 0.1) is 0 Å². The first-order chi connectivity index (χ1) is 12.1. The second kappa shape index (κ2) is 7.00. The number of anilines is 1. The number of carboxylic acid groups (broad SMARTS) is 1. The molecular weight excluding hydrogens is 320 g/mol. The summed E-state index contributed by atoms with van der Waals surface area (Å²) in [5.41, 5.74) is 2.33. The molecule has 2 aromatic carbocycles. The number of benzene rings is 2. The van der Waals surface area contributed by atoms with E-state index in [1.165, 1.54) is 5.01 Å². The van der Waals surface area contributed by atoms with Gasteiger partial charge in [0.2, 0.25) is 0 Å². The Bertz CT molecular complexity index is 872. The van der Waals surface area contributed by atoms with E-state index in [1.807, 2.05) is 30.3 Å². The van der Waals surface area contributed by atoms with E-state index in [2.05, 4.69) is 5.10 Å². The molecule has 1 N–H and O–H groups in total. The predicted octanol–water partition coefficient (Wildman–Crippen LogP) is 2.96. The number of rotatable bonds is 5. The van der Waals surface area contributed by atoms with Crippen molar-refractivity contribution in [2.45, 2.75) is 6.92 Å². The third kappa shape index (κ3) is 3.58. The fourth-order valence-electron chi connectivity index (χ4n) is 2.45. The molecule has 1 aliphatic rings. The summed E-state index contributed by atoms with van der Waals surface area (Å²) in [4.78, 5) is 23.4. The third-order valence-corrected chi connectivity index (χ3v) is 3.63. The van der Waals surface area contributed by atoms with Crippen molar-refractivity contribution in [2.75, 3.05) is 11.6 Å². The van der Waals surface area contributed by atoms with Gasteiger partial charge in [-0.15, -0.1) is 0 Å². The molecule has 0 unspecified atom stereocenters. The van der Waals surface area contributed by atoms with Gasteiger partial charge in [-0.3, -0.25) is 4.79 Å². The topological polar surface area (TPSA) is 79.2 Å². The molecule has 1 aliphatic heterocycles. The summed E-state index contributed by atoms with van der Waals surface area (Å²) < 4.78 is 5.28. The normalized spacial score (nSPS) is 15.4. The Morgan fingerprint density at radius 3 is 2.56 bits per heavy atom. The van der Waals surface area contributed by atoms with Gasteiger partial charge in [0.15, 0.2) is 6.61 Å². The highest BCUT2D eigenvalue weighted by Gasteiger charge is 2.28. The van der Waals surface area contributed by atoms with Crippen LogP contribution in [0.5, 0.6) is 5.75 Å². The van der Waals surface area contributed by atoms with Crippen molar-refractivity contribution in [3.63, 3.8) is 0 Å². The van der Waals surface area contributed by atoms with Crippen LogP contribution in [-0.2, 0) is 9.59 Å². The Morgan fingerprint density at radius 2 is 1.84 bits per heavy atom. The molecule has 25 heavy (non-hydrogen) atoms. The van der Waals surface area contributed by atoms with Gasteiger partial charge in [0.25, 0.3) is 5.91 Å². The summed E-state index contributed by atoms with van der Waals surface area (Å²) in [5.74, 6) is -0.903. The standard InChI is InChI=1S/C19H16N2O4/c1-13-16(19(24)21(20-13)15-8-3-2-4-9-15)11-14-7-5-6-10-17(14)25-12-18(22)23/h2-11H,12H2,1H3,(H,22,23)/b16-11+. The monoisotopic (exact) mass is 336 g/mol. The molecule has 6 nitrogen and oxygen atoms in total. The lowest BCUT2D eigenvalue weighted by atomic mass is 10.1. The molecule has 0 bridgehead atoms. The lowest BCUT2D eigenvalue weighted by Gasteiger charge is -2.11. The minimum absolute atomic E-state index is 0.239. The zero-order chi connectivity index (χ0) is 17.8. The van der Waals surface area contributed by atoms with Crippen LogP contribution < -0.4 is 9.75 Å². The van der Waals surface area contributed by atoms with Crippen LogP contribution in [0.4, 0.5) is 5.69 Å². The lowest BCUT2D eigenvalue weighted by molar-refractivity contribution is -0.139. The van der Waals surface area contributed by atoms with Crippen molar-refractivity contribution in [1.29, 1.82) is 0 Å². The number of para-hydroxylation sites is 2. The molecule has 0 saturated carbocycles. The Balaban J connectivity index is 1.91. The smallest absolute Gasteiger partial charge is 0.341 e. The van der Waals surface area contributed by atoms with Crippen molar-refractivity contribution in [3.05, 3.63) is 65.7 Å². The first-order valence-corrected chi connectivity index (χ1v) is 7.66. The summed E-state index contributed by atoms with van der Waals surface area (Å²) in [6.07, 6.45) is 1.67. The van der Waals surface area contributed by atoms with Crippen LogP contribution in [-0.4, -0.2) is 29.3 Å². The van der Waals surface area contributed by atoms with E-state index in [0.29, 0.717) is 28.3 Å². The van der Waals surface area contributed by atoms with Crippen LogP contribution in [0.25, 0.3) is 6.08 Å². The zero-order valence-electron chi connectivity index (χ0n) is 13.5. The van der Waals surface area contributed by atoms with Gasteiger partial charge in [-0.2, -0.15) is 10.1 Å². The molecule has 0 spiro atoms. The minimum Gasteiger partial charge on any atom is -0.481 e. The number of hydrogen-bond donors (Lipinski definition) is 1. The van der Waals surface area contributed by atoms with Gasteiger partial charge in [0, 0.05) is 5.56 Å². The van der Waals surface area contributed by atoms with E-state index in [1.54, 1.807) is 37.3 Å². The van der Waals surface area contributed by atoms with Crippen LogP contribution >= 0.6 is 0 Å². The van der Waals surface area contributed by atoms with Gasteiger partial charge < -0.3 is 9.84 Å². The van der Waals surface area contributed by atoms with E-state index < -0.39 is 12.6 Å². The van der Waals surface area contributed by atoms with Crippen molar-refractivity contribution in [2.24, 2.45) is 5.10 Å². The second-order valence-electron chi connectivity index (χ2n) is 5.42. The first-order valence-electron chi connectivity index (χ1n) is 7.66. The lowest BCUT2D eigenvalue weighted by Crippen LogP contribution is -2.21. The fourth-order valence-corrected chi connectivity index (χ4v) is 2.45. The number of amides is 1. The van der Waals surface area contributed by atoms with E-state index >= 15 is 0 Å². The summed E-state index contributed by atoms with van der Waals surface area (Å²) in [6.45, 7) is 1.31. The first kappa shape index (κ1) is 16.4. The molecule has 2 aromatic rings. The second-order valence-corrected chi connectivity index (χ2v) is 5.42. The van der Waals surface area contributed by atoms with Crippen LogP contribution in [0.1, 0.15) is 12.5 Å². The summed E-state index contributed by atoms with van der Waals surface area (Å²) in [6, 6.07) is 16.1.